The standard InChI is InChI=1S/C18H20N2/c1-2-12-20-14-17(15-8-4-3-5-9-15)19-13-16-10-6-7-11-18(16)20/h2-11,17,19H,1,12-14H2. The summed E-state index contributed by atoms with van der Waals surface area (Å²) in [7, 11) is 0. The van der Waals surface area contributed by atoms with Crippen molar-refractivity contribution in [3.63, 3.8) is 0 Å². The summed E-state index contributed by atoms with van der Waals surface area (Å²) in [6, 6.07) is 19.6. The molecule has 1 atom stereocenters. The molecule has 1 heterocycles. The lowest BCUT2D eigenvalue weighted by molar-refractivity contribution is 0.544. The van der Waals surface area contributed by atoms with Crippen LogP contribution >= 0.6 is 0 Å². The van der Waals surface area contributed by atoms with E-state index in [4.69, 9.17) is 0 Å². The first-order chi connectivity index (χ1) is 9.88. The Kier molecular flexibility index (Phi) is 3.84. The monoisotopic (exact) mass is 264 g/mol. The molecule has 1 aliphatic heterocycles. The summed E-state index contributed by atoms with van der Waals surface area (Å²) in [6.45, 7) is 6.64. The van der Waals surface area contributed by atoms with Gasteiger partial charge in [0.25, 0.3) is 0 Å². The number of nitrogens with one attached hydrogen (secondary N) is 1. The van der Waals surface area contributed by atoms with Crippen LogP contribution in [-0.4, -0.2) is 13.1 Å². The molecule has 1 aliphatic rings. The first-order valence-corrected chi connectivity index (χ1v) is 7.10. The van der Waals surface area contributed by atoms with E-state index < -0.39 is 0 Å². The Bertz CT molecular complexity index is 577. The number of para-hydroxylation sites is 1. The van der Waals surface area contributed by atoms with Crippen molar-refractivity contribution in [3.05, 3.63) is 78.4 Å². The second-order valence-corrected chi connectivity index (χ2v) is 5.17. The van der Waals surface area contributed by atoms with E-state index in [0.717, 1.165) is 19.6 Å². The van der Waals surface area contributed by atoms with E-state index in [0.29, 0.717) is 6.04 Å². The Morgan fingerprint density at radius 1 is 1.10 bits per heavy atom. The third-order valence-electron chi connectivity index (χ3n) is 3.83. The Morgan fingerprint density at radius 3 is 2.65 bits per heavy atom. The van der Waals surface area contributed by atoms with E-state index >= 15 is 0 Å². The summed E-state index contributed by atoms with van der Waals surface area (Å²) in [5.74, 6) is 0. The fraction of sp³-hybridized carbons (Fsp3) is 0.222. The number of anilines is 1. The van der Waals surface area contributed by atoms with Crippen LogP contribution in [0.5, 0.6) is 0 Å². The van der Waals surface area contributed by atoms with Gasteiger partial charge < -0.3 is 10.2 Å². The van der Waals surface area contributed by atoms with Crippen LogP contribution in [0.2, 0.25) is 0 Å². The van der Waals surface area contributed by atoms with Crippen molar-refractivity contribution in [2.24, 2.45) is 0 Å². The van der Waals surface area contributed by atoms with Crippen molar-refractivity contribution in [2.75, 3.05) is 18.0 Å². The van der Waals surface area contributed by atoms with Gasteiger partial charge in [-0.25, -0.2) is 0 Å². The van der Waals surface area contributed by atoms with Gasteiger partial charge in [-0.2, -0.15) is 0 Å². The Balaban J connectivity index is 1.92. The third-order valence-corrected chi connectivity index (χ3v) is 3.83. The Labute approximate surface area is 120 Å². The van der Waals surface area contributed by atoms with Gasteiger partial charge in [-0.05, 0) is 17.2 Å². The molecule has 3 rings (SSSR count). The highest BCUT2D eigenvalue weighted by atomic mass is 15.2. The van der Waals surface area contributed by atoms with Crippen LogP contribution in [0.1, 0.15) is 17.2 Å². The molecule has 1 N–H and O–H groups in total. The second kappa shape index (κ2) is 5.93. The molecule has 20 heavy (non-hydrogen) atoms. The molecule has 0 bridgehead atoms. The molecule has 102 valence electrons. The summed E-state index contributed by atoms with van der Waals surface area (Å²) < 4.78 is 0. The molecule has 0 fully saturated rings. The lowest BCUT2D eigenvalue weighted by Gasteiger charge is -2.26. The number of hydrogen-bond donors (Lipinski definition) is 1. The lowest BCUT2D eigenvalue weighted by Crippen LogP contribution is -2.32. The highest BCUT2D eigenvalue weighted by molar-refractivity contribution is 5.55. The van der Waals surface area contributed by atoms with Crippen LogP contribution in [0.15, 0.2) is 67.3 Å². The molecule has 2 nitrogen and oxygen atoms in total. The van der Waals surface area contributed by atoms with E-state index in [9.17, 15) is 0 Å². The van der Waals surface area contributed by atoms with E-state index in [-0.39, 0.29) is 0 Å². The summed E-state index contributed by atoms with van der Waals surface area (Å²) in [6.07, 6.45) is 1.98. The van der Waals surface area contributed by atoms with E-state index in [2.05, 4.69) is 71.4 Å². The number of benzene rings is 2. The van der Waals surface area contributed by atoms with Gasteiger partial charge in [0.15, 0.2) is 0 Å². The average molecular weight is 264 g/mol. The first kappa shape index (κ1) is 12.9. The average Bonchev–Trinajstić information content (AvgIpc) is 2.69. The van der Waals surface area contributed by atoms with Gasteiger partial charge in [-0.15, -0.1) is 6.58 Å². The van der Waals surface area contributed by atoms with Gasteiger partial charge in [0.2, 0.25) is 0 Å². The van der Waals surface area contributed by atoms with Crippen molar-refractivity contribution in [2.45, 2.75) is 12.6 Å². The lowest BCUT2D eigenvalue weighted by atomic mass is 10.1. The molecule has 0 spiro atoms. The maximum absolute atomic E-state index is 3.89. The molecule has 2 heteroatoms. The highest BCUT2D eigenvalue weighted by Gasteiger charge is 2.21. The minimum Gasteiger partial charge on any atom is -0.366 e. The van der Waals surface area contributed by atoms with Gasteiger partial charge in [-0.3, -0.25) is 0 Å². The fourth-order valence-corrected chi connectivity index (χ4v) is 2.82. The summed E-state index contributed by atoms with van der Waals surface area (Å²) >= 11 is 0. The number of rotatable bonds is 3. The maximum atomic E-state index is 3.89. The van der Waals surface area contributed by atoms with E-state index in [1.165, 1.54) is 16.8 Å². The number of fused-ring (bicyclic) bond motifs is 1. The second-order valence-electron chi connectivity index (χ2n) is 5.17. The minimum absolute atomic E-state index is 0.351. The molecule has 1 unspecified atom stereocenters. The normalized spacial score (nSPS) is 18.2. The van der Waals surface area contributed by atoms with Crippen LogP contribution in [0.25, 0.3) is 0 Å². The van der Waals surface area contributed by atoms with E-state index in [1.54, 1.807) is 0 Å². The predicted molar refractivity (Wildman–Crippen MR) is 84.9 cm³/mol. The molecule has 2 aromatic rings. The predicted octanol–water partition coefficient (Wildman–Crippen LogP) is 3.52. The third kappa shape index (κ3) is 2.61. The van der Waals surface area contributed by atoms with Crippen LogP contribution in [-0.2, 0) is 6.54 Å². The Hall–Kier alpha value is -2.06. The molecule has 0 saturated heterocycles. The van der Waals surface area contributed by atoms with Crippen molar-refractivity contribution >= 4 is 5.69 Å². The van der Waals surface area contributed by atoms with Gasteiger partial charge >= 0.3 is 0 Å². The smallest absolute Gasteiger partial charge is 0.0501 e. The topological polar surface area (TPSA) is 15.3 Å². The first-order valence-electron chi connectivity index (χ1n) is 7.10. The zero-order valence-corrected chi connectivity index (χ0v) is 11.6. The molecule has 0 amide bonds. The quantitative estimate of drug-likeness (QED) is 0.853. The van der Waals surface area contributed by atoms with Gasteiger partial charge in [-0.1, -0.05) is 54.6 Å². The SMILES string of the molecule is C=CCN1CC(c2ccccc2)NCc2ccccc21. The van der Waals surface area contributed by atoms with Crippen LogP contribution < -0.4 is 10.2 Å². The molecular formula is C18H20N2. The molecule has 0 radical (unpaired) electrons. The Morgan fingerprint density at radius 2 is 1.85 bits per heavy atom. The molecule has 0 aliphatic carbocycles. The van der Waals surface area contributed by atoms with Crippen molar-refractivity contribution in [3.8, 4) is 0 Å². The fourth-order valence-electron chi connectivity index (χ4n) is 2.82. The van der Waals surface area contributed by atoms with Gasteiger partial charge in [0.1, 0.15) is 0 Å². The summed E-state index contributed by atoms with van der Waals surface area (Å²) in [5, 5.41) is 3.67. The van der Waals surface area contributed by atoms with Crippen LogP contribution in [0, 0.1) is 0 Å². The van der Waals surface area contributed by atoms with Crippen LogP contribution in [0.3, 0.4) is 0 Å². The summed E-state index contributed by atoms with van der Waals surface area (Å²) in [4.78, 5) is 2.40. The maximum Gasteiger partial charge on any atom is 0.0501 e. The number of hydrogen-bond acceptors (Lipinski definition) is 2. The highest BCUT2D eigenvalue weighted by Crippen LogP contribution is 2.27. The molecule has 2 aromatic carbocycles. The van der Waals surface area contributed by atoms with Crippen molar-refractivity contribution < 1.29 is 0 Å². The van der Waals surface area contributed by atoms with E-state index in [1.807, 2.05) is 6.08 Å². The molecule has 0 aromatic heterocycles. The summed E-state index contributed by atoms with van der Waals surface area (Å²) in [5.41, 5.74) is 4.01. The zero-order chi connectivity index (χ0) is 13.8. The van der Waals surface area contributed by atoms with Crippen molar-refractivity contribution in [1.29, 1.82) is 0 Å². The van der Waals surface area contributed by atoms with Gasteiger partial charge in [0, 0.05) is 25.3 Å². The zero-order valence-electron chi connectivity index (χ0n) is 11.6. The minimum atomic E-state index is 0.351. The largest absolute Gasteiger partial charge is 0.366 e. The van der Waals surface area contributed by atoms with Crippen molar-refractivity contribution in [1.82, 2.24) is 5.32 Å². The number of nitrogens with zero attached hydrogens (tertiary/aromatic N) is 1. The molecular weight excluding hydrogens is 244 g/mol. The molecule has 0 saturated carbocycles. The van der Waals surface area contributed by atoms with Gasteiger partial charge in [0.05, 0.1) is 6.04 Å². The van der Waals surface area contributed by atoms with Crippen LogP contribution in [0.4, 0.5) is 5.69 Å².